The number of nitrogens with zero attached hydrogens (tertiary/aromatic N) is 3. The van der Waals surface area contributed by atoms with Crippen LogP contribution in [0, 0.1) is 12.8 Å². The van der Waals surface area contributed by atoms with Gasteiger partial charge in [0.2, 0.25) is 0 Å². The zero-order valence-corrected chi connectivity index (χ0v) is 11.7. The molecular weight excluding hydrogens is 224 g/mol. The summed E-state index contributed by atoms with van der Waals surface area (Å²) in [6.45, 7) is 4.57. The second kappa shape index (κ2) is 4.67. The highest BCUT2D eigenvalue weighted by molar-refractivity contribution is 5.24. The van der Waals surface area contributed by atoms with Crippen molar-refractivity contribution in [2.75, 3.05) is 20.1 Å². The fourth-order valence-electron chi connectivity index (χ4n) is 3.41. The van der Waals surface area contributed by atoms with E-state index < -0.39 is 0 Å². The molecule has 2 heterocycles. The zero-order valence-electron chi connectivity index (χ0n) is 11.7. The number of hydrogen-bond donors (Lipinski definition) is 1. The van der Waals surface area contributed by atoms with E-state index in [1.165, 1.54) is 37.1 Å². The molecule has 100 valence electrons. The predicted octanol–water partition coefficient (Wildman–Crippen LogP) is 1.47. The van der Waals surface area contributed by atoms with Crippen LogP contribution in [0.15, 0.2) is 6.20 Å². The number of rotatable bonds is 4. The SMILES string of the molecule is CNCC1CCN(C2CC2)C1c1cnn(C)c1C. The van der Waals surface area contributed by atoms with Crippen molar-refractivity contribution in [2.24, 2.45) is 13.0 Å². The van der Waals surface area contributed by atoms with Crippen molar-refractivity contribution >= 4 is 0 Å². The van der Waals surface area contributed by atoms with Crippen LogP contribution in [0.1, 0.15) is 36.6 Å². The molecule has 1 aromatic rings. The Morgan fingerprint density at radius 1 is 1.39 bits per heavy atom. The first-order valence-corrected chi connectivity index (χ1v) is 7.11. The molecule has 0 bridgehead atoms. The summed E-state index contributed by atoms with van der Waals surface area (Å²) in [5.41, 5.74) is 2.77. The van der Waals surface area contributed by atoms with Crippen LogP contribution >= 0.6 is 0 Å². The molecule has 4 heteroatoms. The molecule has 4 nitrogen and oxygen atoms in total. The van der Waals surface area contributed by atoms with Crippen molar-refractivity contribution in [1.82, 2.24) is 20.0 Å². The minimum atomic E-state index is 0.582. The molecule has 0 amide bonds. The van der Waals surface area contributed by atoms with Gasteiger partial charge in [0.25, 0.3) is 0 Å². The molecule has 1 aromatic heterocycles. The van der Waals surface area contributed by atoms with Gasteiger partial charge in [-0.15, -0.1) is 0 Å². The quantitative estimate of drug-likeness (QED) is 0.876. The molecule has 3 rings (SSSR count). The molecule has 0 spiro atoms. The molecule has 2 unspecified atom stereocenters. The summed E-state index contributed by atoms with van der Waals surface area (Å²) < 4.78 is 2.01. The Kier molecular flexibility index (Phi) is 3.16. The van der Waals surface area contributed by atoms with Crippen LogP contribution in [0.2, 0.25) is 0 Å². The molecule has 2 fully saturated rings. The summed E-state index contributed by atoms with van der Waals surface area (Å²) in [4.78, 5) is 2.73. The van der Waals surface area contributed by atoms with Gasteiger partial charge in [-0.2, -0.15) is 5.10 Å². The molecular formula is C14H24N4. The van der Waals surface area contributed by atoms with E-state index in [1.54, 1.807) is 0 Å². The Balaban J connectivity index is 1.89. The second-order valence-electron chi connectivity index (χ2n) is 5.83. The highest BCUT2D eigenvalue weighted by Crippen LogP contribution is 2.44. The molecule has 0 radical (unpaired) electrons. The third-order valence-electron chi connectivity index (χ3n) is 4.64. The lowest BCUT2D eigenvalue weighted by Crippen LogP contribution is -2.31. The summed E-state index contributed by atoms with van der Waals surface area (Å²) in [6, 6.07) is 1.43. The van der Waals surface area contributed by atoms with Crippen LogP contribution in [-0.4, -0.2) is 40.9 Å². The van der Waals surface area contributed by atoms with E-state index in [2.05, 4.69) is 35.5 Å². The van der Waals surface area contributed by atoms with E-state index >= 15 is 0 Å². The van der Waals surface area contributed by atoms with Crippen molar-refractivity contribution in [3.63, 3.8) is 0 Å². The van der Waals surface area contributed by atoms with Gasteiger partial charge in [0.1, 0.15) is 0 Å². The van der Waals surface area contributed by atoms with E-state index in [0.29, 0.717) is 6.04 Å². The Hall–Kier alpha value is -0.870. The maximum absolute atomic E-state index is 4.44. The largest absolute Gasteiger partial charge is 0.319 e. The van der Waals surface area contributed by atoms with Crippen LogP contribution in [0.25, 0.3) is 0 Å². The van der Waals surface area contributed by atoms with E-state index in [1.807, 2.05) is 11.7 Å². The van der Waals surface area contributed by atoms with E-state index in [9.17, 15) is 0 Å². The van der Waals surface area contributed by atoms with Gasteiger partial charge in [0.15, 0.2) is 0 Å². The summed E-state index contributed by atoms with van der Waals surface area (Å²) in [6.07, 6.45) is 6.18. The summed E-state index contributed by atoms with van der Waals surface area (Å²) >= 11 is 0. The number of aryl methyl sites for hydroxylation is 1. The molecule has 1 saturated heterocycles. The van der Waals surface area contributed by atoms with Crippen molar-refractivity contribution in [2.45, 2.75) is 38.3 Å². The monoisotopic (exact) mass is 248 g/mol. The maximum atomic E-state index is 4.44. The first-order chi connectivity index (χ1) is 8.72. The normalized spacial score (nSPS) is 29.1. The average molecular weight is 248 g/mol. The smallest absolute Gasteiger partial charge is 0.0540 e. The number of likely N-dealkylation sites (tertiary alicyclic amines) is 1. The second-order valence-corrected chi connectivity index (χ2v) is 5.83. The highest BCUT2D eigenvalue weighted by atomic mass is 15.3. The van der Waals surface area contributed by atoms with Crippen molar-refractivity contribution in [1.29, 1.82) is 0 Å². The molecule has 1 aliphatic carbocycles. The maximum Gasteiger partial charge on any atom is 0.0540 e. The van der Waals surface area contributed by atoms with Gasteiger partial charge in [-0.3, -0.25) is 9.58 Å². The average Bonchev–Trinajstić information content (AvgIpc) is 3.05. The molecule has 1 N–H and O–H groups in total. The predicted molar refractivity (Wildman–Crippen MR) is 72.4 cm³/mol. The summed E-state index contributed by atoms with van der Waals surface area (Å²) in [7, 11) is 4.11. The fraction of sp³-hybridized carbons (Fsp3) is 0.786. The lowest BCUT2D eigenvalue weighted by atomic mass is 9.94. The van der Waals surface area contributed by atoms with E-state index in [-0.39, 0.29) is 0 Å². The molecule has 2 atom stereocenters. The fourth-order valence-corrected chi connectivity index (χ4v) is 3.41. The number of nitrogens with one attached hydrogen (secondary N) is 1. The van der Waals surface area contributed by atoms with Crippen LogP contribution < -0.4 is 5.32 Å². The minimum absolute atomic E-state index is 0.582. The Morgan fingerprint density at radius 2 is 2.17 bits per heavy atom. The summed E-state index contributed by atoms with van der Waals surface area (Å²) in [5.74, 6) is 0.735. The van der Waals surface area contributed by atoms with Crippen molar-refractivity contribution in [3.05, 3.63) is 17.5 Å². The van der Waals surface area contributed by atoms with Gasteiger partial charge in [0, 0.05) is 30.4 Å². The standard InChI is InChI=1S/C14H24N4/c1-10-13(9-16-17(10)3)14-11(8-15-2)6-7-18(14)12-4-5-12/h9,11-12,14-15H,4-8H2,1-3H3. The van der Waals surface area contributed by atoms with E-state index in [0.717, 1.165) is 18.5 Å². The molecule has 1 saturated carbocycles. The van der Waals surface area contributed by atoms with Crippen molar-refractivity contribution < 1.29 is 0 Å². The topological polar surface area (TPSA) is 33.1 Å². The third-order valence-corrected chi connectivity index (χ3v) is 4.64. The molecule has 1 aliphatic heterocycles. The minimum Gasteiger partial charge on any atom is -0.319 e. The lowest BCUT2D eigenvalue weighted by Gasteiger charge is -2.28. The van der Waals surface area contributed by atoms with E-state index in [4.69, 9.17) is 0 Å². The van der Waals surface area contributed by atoms with Crippen LogP contribution in [0.5, 0.6) is 0 Å². The van der Waals surface area contributed by atoms with Gasteiger partial charge >= 0.3 is 0 Å². The van der Waals surface area contributed by atoms with Gasteiger partial charge in [0.05, 0.1) is 6.20 Å². The zero-order chi connectivity index (χ0) is 12.7. The number of hydrogen-bond acceptors (Lipinski definition) is 3. The number of aromatic nitrogens is 2. The van der Waals surface area contributed by atoms with Gasteiger partial charge in [-0.05, 0) is 52.2 Å². The third kappa shape index (κ3) is 1.97. The molecule has 18 heavy (non-hydrogen) atoms. The Labute approximate surface area is 109 Å². The first-order valence-electron chi connectivity index (χ1n) is 7.11. The molecule has 2 aliphatic rings. The van der Waals surface area contributed by atoms with Gasteiger partial charge in [-0.1, -0.05) is 0 Å². The Morgan fingerprint density at radius 3 is 2.72 bits per heavy atom. The van der Waals surface area contributed by atoms with Crippen LogP contribution in [0.4, 0.5) is 0 Å². The van der Waals surface area contributed by atoms with Crippen LogP contribution in [0.3, 0.4) is 0 Å². The van der Waals surface area contributed by atoms with Gasteiger partial charge in [-0.25, -0.2) is 0 Å². The lowest BCUT2D eigenvalue weighted by molar-refractivity contribution is 0.216. The summed E-state index contributed by atoms with van der Waals surface area (Å²) in [5, 5.41) is 7.80. The first kappa shape index (κ1) is 12.2. The van der Waals surface area contributed by atoms with Crippen LogP contribution in [-0.2, 0) is 7.05 Å². The molecule has 0 aromatic carbocycles. The highest BCUT2D eigenvalue weighted by Gasteiger charge is 2.43. The van der Waals surface area contributed by atoms with Crippen molar-refractivity contribution in [3.8, 4) is 0 Å². The Bertz CT molecular complexity index is 421. The van der Waals surface area contributed by atoms with Gasteiger partial charge < -0.3 is 5.32 Å².